The highest BCUT2D eigenvalue weighted by Crippen LogP contribution is 2.36. The van der Waals surface area contributed by atoms with Crippen molar-refractivity contribution < 1.29 is 32.3 Å². The molecule has 1 aromatic carbocycles. The summed E-state index contributed by atoms with van der Waals surface area (Å²) in [5.41, 5.74) is -2.06. The fraction of sp³-hybridized carbons (Fsp3) is 0.480. The molecule has 1 fully saturated rings. The van der Waals surface area contributed by atoms with Gasteiger partial charge in [-0.15, -0.1) is 10.2 Å². The van der Waals surface area contributed by atoms with Gasteiger partial charge in [-0.1, -0.05) is 26.0 Å². The monoisotopic (exact) mass is 534 g/mol. The molecule has 3 N–H and O–H groups in total. The number of nitrogens with zero attached hydrogens (tertiary/aromatic N) is 4. The van der Waals surface area contributed by atoms with Crippen LogP contribution in [0.1, 0.15) is 79.2 Å². The number of nitrogens with one attached hydrogen (secondary N) is 2. The minimum atomic E-state index is -4.88. The maximum atomic E-state index is 13.5. The molecule has 10 nitrogen and oxygen atoms in total. The number of para-hydroxylation sites is 2. The van der Waals surface area contributed by atoms with Gasteiger partial charge < -0.3 is 20.2 Å². The number of alkyl halides is 3. The van der Waals surface area contributed by atoms with Crippen LogP contribution < -0.4 is 10.6 Å². The van der Waals surface area contributed by atoms with Gasteiger partial charge in [0.2, 0.25) is 17.7 Å². The third-order valence-corrected chi connectivity index (χ3v) is 6.46. The first-order chi connectivity index (χ1) is 18.0. The first-order valence-corrected chi connectivity index (χ1v) is 12.4. The first kappa shape index (κ1) is 27.1. The molecule has 13 heteroatoms. The number of phenolic OH excluding ortho intramolecular Hbond substituents is 1. The maximum absolute atomic E-state index is 13.5. The summed E-state index contributed by atoms with van der Waals surface area (Å²) in [5, 5.41) is 26.7. The van der Waals surface area contributed by atoms with Crippen LogP contribution >= 0.6 is 0 Å². The molecule has 204 valence electrons. The van der Waals surface area contributed by atoms with Gasteiger partial charge in [0.25, 0.3) is 5.91 Å². The third-order valence-electron chi connectivity index (χ3n) is 6.46. The van der Waals surface area contributed by atoms with Crippen molar-refractivity contribution in [3.05, 3.63) is 53.5 Å². The number of amides is 2. The molecule has 0 unspecified atom stereocenters. The van der Waals surface area contributed by atoms with E-state index in [1.165, 1.54) is 24.3 Å². The summed E-state index contributed by atoms with van der Waals surface area (Å²) in [5.74, 6) is -0.210. The molecule has 3 aromatic rings. The Morgan fingerprint density at radius 2 is 1.79 bits per heavy atom. The molecule has 2 aromatic heterocycles. The number of halogens is 3. The molecule has 0 saturated heterocycles. The summed E-state index contributed by atoms with van der Waals surface area (Å²) in [4.78, 5) is 25.1. The van der Waals surface area contributed by atoms with Gasteiger partial charge in [-0.3, -0.25) is 9.59 Å². The average molecular weight is 535 g/mol. The first-order valence-electron chi connectivity index (χ1n) is 12.4. The minimum absolute atomic E-state index is 0.00140. The van der Waals surface area contributed by atoms with Crippen LogP contribution in [-0.2, 0) is 11.0 Å². The van der Waals surface area contributed by atoms with E-state index in [9.17, 15) is 27.9 Å². The molecule has 1 aliphatic carbocycles. The van der Waals surface area contributed by atoms with Crippen molar-refractivity contribution in [3.8, 4) is 11.4 Å². The Bertz CT molecular complexity index is 1280. The van der Waals surface area contributed by atoms with Gasteiger partial charge in [0.15, 0.2) is 5.69 Å². The zero-order valence-corrected chi connectivity index (χ0v) is 21.0. The molecule has 0 spiro atoms. The van der Waals surface area contributed by atoms with Crippen LogP contribution in [-0.4, -0.2) is 50.0 Å². The number of aromatic nitrogens is 4. The van der Waals surface area contributed by atoms with Crippen molar-refractivity contribution in [2.75, 3.05) is 13.1 Å². The Kier molecular flexibility index (Phi) is 8.02. The van der Waals surface area contributed by atoms with Gasteiger partial charge in [-0.05, 0) is 37.8 Å². The van der Waals surface area contributed by atoms with Gasteiger partial charge >= 0.3 is 6.18 Å². The second-order valence-corrected chi connectivity index (χ2v) is 9.55. The van der Waals surface area contributed by atoms with Gasteiger partial charge in [0, 0.05) is 37.0 Å². The molecule has 0 aliphatic heterocycles. The Morgan fingerprint density at radius 3 is 2.42 bits per heavy atom. The van der Waals surface area contributed by atoms with Gasteiger partial charge in [-0.2, -0.15) is 18.3 Å². The van der Waals surface area contributed by atoms with Crippen LogP contribution in [0.15, 0.2) is 34.9 Å². The minimum Gasteiger partial charge on any atom is -0.506 e. The van der Waals surface area contributed by atoms with Crippen molar-refractivity contribution >= 4 is 11.8 Å². The molecule has 0 radical (unpaired) electrons. The molecule has 38 heavy (non-hydrogen) atoms. The van der Waals surface area contributed by atoms with E-state index in [1.54, 1.807) is 0 Å². The van der Waals surface area contributed by atoms with Gasteiger partial charge in [0.05, 0.1) is 5.56 Å². The van der Waals surface area contributed by atoms with Crippen molar-refractivity contribution in [2.45, 2.75) is 57.5 Å². The summed E-state index contributed by atoms with van der Waals surface area (Å²) in [6, 6.07) is 5.70. The number of phenols is 1. The fourth-order valence-electron chi connectivity index (χ4n) is 4.38. The maximum Gasteiger partial charge on any atom is 0.435 e. The second kappa shape index (κ2) is 11.2. The van der Waals surface area contributed by atoms with E-state index in [-0.39, 0.29) is 48.2 Å². The average Bonchev–Trinajstić information content (AvgIpc) is 3.55. The lowest BCUT2D eigenvalue weighted by atomic mass is 9.81. The summed E-state index contributed by atoms with van der Waals surface area (Å²) in [6.07, 6.45) is -1.22. The second-order valence-electron chi connectivity index (χ2n) is 9.55. The predicted octanol–water partition coefficient (Wildman–Crippen LogP) is 3.92. The molecular formula is C25H29F3N6O4. The Balaban J connectivity index is 1.27. The van der Waals surface area contributed by atoms with E-state index < -0.39 is 23.3 Å². The smallest absolute Gasteiger partial charge is 0.435 e. The van der Waals surface area contributed by atoms with Crippen LogP contribution in [0.25, 0.3) is 5.69 Å². The quantitative estimate of drug-likeness (QED) is 0.373. The molecule has 1 aliphatic rings. The van der Waals surface area contributed by atoms with Crippen molar-refractivity contribution in [1.29, 1.82) is 0 Å². The molecule has 2 heterocycles. The summed E-state index contributed by atoms with van der Waals surface area (Å²) in [7, 11) is 0. The fourth-order valence-corrected chi connectivity index (χ4v) is 4.38. The van der Waals surface area contributed by atoms with Crippen LogP contribution in [0.3, 0.4) is 0 Å². The largest absolute Gasteiger partial charge is 0.506 e. The highest BCUT2D eigenvalue weighted by Gasteiger charge is 2.39. The number of aromatic hydroxyl groups is 1. The van der Waals surface area contributed by atoms with E-state index >= 15 is 0 Å². The van der Waals surface area contributed by atoms with Crippen LogP contribution in [0.5, 0.6) is 5.75 Å². The predicted molar refractivity (Wildman–Crippen MR) is 129 cm³/mol. The zero-order chi connectivity index (χ0) is 27.4. The molecular weight excluding hydrogens is 505 g/mol. The Labute approximate surface area is 216 Å². The SMILES string of the molecule is CC(C)c1nnc([C@H]2CC[C@H](C(=O)NCCNC(=O)c3cn(-c4ccccc4O)nc3C(F)(F)F)CC2)o1. The van der Waals surface area contributed by atoms with Crippen molar-refractivity contribution in [1.82, 2.24) is 30.6 Å². The topological polar surface area (TPSA) is 135 Å². The number of benzene rings is 1. The Morgan fingerprint density at radius 1 is 1.11 bits per heavy atom. The summed E-state index contributed by atoms with van der Waals surface area (Å²) in [6.45, 7) is 3.93. The van der Waals surface area contributed by atoms with Crippen molar-refractivity contribution in [2.24, 2.45) is 5.92 Å². The summed E-state index contributed by atoms with van der Waals surface area (Å²) >= 11 is 0. The zero-order valence-electron chi connectivity index (χ0n) is 21.0. The molecule has 1 saturated carbocycles. The highest BCUT2D eigenvalue weighted by molar-refractivity contribution is 5.95. The number of hydrogen-bond acceptors (Lipinski definition) is 7. The lowest BCUT2D eigenvalue weighted by Crippen LogP contribution is -2.38. The molecule has 4 rings (SSSR count). The normalized spacial score (nSPS) is 17.9. The molecule has 2 amide bonds. The number of carbonyl (C=O) groups is 2. The molecule has 0 atom stereocenters. The lowest BCUT2D eigenvalue weighted by Gasteiger charge is -2.25. The summed E-state index contributed by atoms with van der Waals surface area (Å²) < 4.78 is 47.1. The lowest BCUT2D eigenvalue weighted by molar-refractivity contribution is -0.141. The number of carbonyl (C=O) groups excluding carboxylic acids is 2. The van der Waals surface area contributed by atoms with E-state index in [0.717, 1.165) is 23.7 Å². The van der Waals surface area contributed by atoms with E-state index in [1.807, 2.05) is 13.8 Å². The van der Waals surface area contributed by atoms with Crippen LogP contribution in [0.4, 0.5) is 13.2 Å². The number of rotatable bonds is 8. The Hall–Kier alpha value is -3.90. The van der Waals surface area contributed by atoms with E-state index in [4.69, 9.17) is 4.42 Å². The van der Waals surface area contributed by atoms with Crippen LogP contribution in [0, 0.1) is 5.92 Å². The number of hydrogen-bond donors (Lipinski definition) is 3. The molecule has 0 bridgehead atoms. The van der Waals surface area contributed by atoms with Crippen LogP contribution in [0.2, 0.25) is 0 Å². The highest BCUT2D eigenvalue weighted by atomic mass is 19.4. The third kappa shape index (κ3) is 6.14. The van der Waals surface area contributed by atoms with E-state index in [2.05, 4.69) is 25.9 Å². The van der Waals surface area contributed by atoms with Gasteiger partial charge in [0.1, 0.15) is 11.4 Å². The standard InChI is InChI=1S/C25H29F3N6O4/c1-14(2)23-31-32-24(38-23)16-9-7-15(8-10-16)21(36)29-11-12-30-22(37)17-13-34(33-20(17)25(26,27)28)18-5-3-4-6-19(18)35/h3-6,13-16,35H,7-12H2,1-2H3,(H,29,36)(H,30,37)/t15-,16-. The van der Waals surface area contributed by atoms with Gasteiger partial charge in [-0.25, -0.2) is 4.68 Å². The van der Waals surface area contributed by atoms with E-state index in [0.29, 0.717) is 24.6 Å². The van der Waals surface area contributed by atoms with Crippen molar-refractivity contribution in [3.63, 3.8) is 0 Å².